The number of nitrogens with zero attached hydrogens (tertiary/aromatic N) is 3. The van der Waals surface area contributed by atoms with Crippen LogP contribution in [0.2, 0.25) is 0 Å². The maximum atomic E-state index is 12.1. The van der Waals surface area contributed by atoms with Gasteiger partial charge in [-0.1, -0.05) is 43.5 Å². The van der Waals surface area contributed by atoms with E-state index in [9.17, 15) is 4.79 Å². The van der Waals surface area contributed by atoms with E-state index in [1.165, 1.54) is 43.1 Å². The Bertz CT molecular complexity index is 779. The van der Waals surface area contributed by atoms with Crippen molar-refractivity contribution in [2.24, 2.45) is 5.92 Å². The number of carbonyl (C=O) groups excluding carboxylic acids is 1. The molecule has 0 spiro atoms. The highest BCUT2D eigenvalue weighted by atomic mass is 16.2. The number of para-hydroxylation sites is 1. The number of rotatable bonds is 3. The third-order valence-corrected chi connectivity index (χ3v) is 6.39. The molecule has 0 bridgehead atoms. The number of hydrogen-bond donors (Lipinski definition) is 0. The van der Waals surface area contributed by atoms with Crippen LogP contribution in [0.4, 0.5) is 0 Å². The summed E-state index contributed by atoms with van der Waals surface area (Å²) in [4.78, 5) is 21.5. The first-order chi connectivity index (χ1) is 13.2. The third kappa shape index (κ3) is 4.32. The van der Waals surface area contributed by atoms with Crippen LogP contribution in [0.15, 0.2) is 36.5 Å². The second-order valence-corrected chi connectivity index (χ2v) is 8.31. The molecule has 2 aromatic rings. The summed E-state index contributed by atoms with van der Waals surface area (Å²) in [5.41, 5.74) is 2.43. The summed E-state index contributed by atoms with van der Waals surface area (Å²) in [7, 11) is 0. The Morgan fingerprint density at radius 2 is 1.89 bits per heavy atom. The second-order valence-electron chi connectivity index (χ2n) is 8.31. The highest BCUT2D eigenvalue weighted by Gasteiger charge is 2.29. The number of hydrogen-bond acceptors (Lipinski definition) is 3. The summed E-state index contributed by atoms with van der Waals surface area (Å²) in [6.07, 6.45) is 9.61. The van der Waals surface area contributed by atoms with Gasteiger partial charge in [-0.05, 0) is 36.8 Å². The van der Waals surface area contributed by atoms with Crippen LogP contribution < -0.4 is 0 Å². The number of benzene rings is 1. The standard InChI is InChI=1S/C23H31N3O/c1-18(27)25-13-14-26(22-10-3-2-4-11-22)17-19(16-25)15-21-8-5-7-20-9-6-12-24-23(20)21/h5-9,12,19,22H,2-4,10-11,13-17H2,1H3. The summed E-state index contributed by atoms with van der Waals surface area (Å²) in [5, 5.41) is 1.20. The van der Waals surface area contributed by atoms with Gasteiger partial charge in [-0.3, -0.25) is 14.7 Å². The molecule has 1 saturated carbocycles. The average molecular weight is 366 g/mol. The van der Waals surface area contributed by atoms with Crippen molar-refractivity contribution in [1.29, 1.82) is 0 Å². The zero-order valence-electron chi connectivity index (χ0n) is 16.4. The topological polar surface area (TPSA) is 36.4 Å². The fraction of sp³-hybridized carbons (Fsp3) is 0.565. The minimum atomic E-state index is 0.210. The first-order valence-electron chi connectivity index (χ1n) is 10.5. The average Bonchev–Trinajstić information content (AvgIpc) is 2.92. The van der Waals surface area contributed by atoms with E-state index in [2.05, 4.69) is 39.0 Å². The van der Waals surface area contributed by atoms with Crippen molar-refractivity contribution in [3.05, 3.63) is 42.1 Å². The molecule has 4 heteroatoms. The quantitative estimate of drug-likeness (QED) is 0.828. The molecule has 144 valence electrons. The highest BCUT2D eigenvalue weighted by molar-refractivity contribution is 5.81. The largest absolute Gasteiger partial charge is 0.341 e. The summed E-state index contributed by atoms with van der Waals surface area (Å²) < 4.78 is 0. The molecular formula is C23H31N3O. The molecule has 1 unspecified atom stereocenters. The minimum Gasteiger partial charge on any atom is -0.341 e. The first-order valence-corrected chi connectivity index (χ1v) is 10.5. The van der Waals surface area contributed by atoms with E-state index < -0.39 is 0 Å². The summed E-state index contributed by atoms with van der Waals surface area (Å²) in [6.45, 7) is 5.57. The number of aromatic nitrogens is 1. The van der Waals surface area contributed by atoms with Gasteiger partial charge >= 0.3 is 0 Å². The zero-order valence-corrected chi connectivity index (χ0v) is 16.4. The van der Waals surface area contributed by atoms with Crippen molar-refractivity contribution in [1.82, 2.24) is 14.8 Å². The summed E-state index contributed by atoms with van der Waals surface area (Å²) >= 11 is 0. The molecule has 1 atom stereocenters. The number of amides is 1. The molecule has 4 rings (SSSR count). The molecule has 0 N–H and O–H groups in total. The Balaban J connectivity index is 1.56. The molecule has 1 aromatic heterocycles. The van der Waals surface area contributed by atoms with Crippen molar-refractivity contribution in [3.8, 4) is 0 Å². The van der Waals surface area contributed by atoms with E-state index in [1.807, 2.05) is 12.3 Å². The van der Waals surface area contributed by atoms with Crippen molar-refractivity contribution >= 4 is 16.8 Å². The molecular weight excluding hydrogens is 334 g/mol. The van der Waals surface area contributed by atoms with Crippen LogP contribution in [0.1, 0.15) is 44.6 Å². The maximum Gasteiger partial charge on any atom is 0.219 e. The Labute approximate surface area is 162 Å². The van der Waals surface area contributed by atoms with Crippen molar-refractivity contribution in [2.45, 2.75) is 51.5 Å². The molecule has 4 nitrogen and oxygen atoms in total. The predicted molar refractivity (Wildman–Crippen MR) is 110 cm³/mol. The van der Waals surface area contributed by atoms with Crippen molar-refractivity contribution < 1.29 is 4.79 Å². The molecule has 2 aliphatic rings. The smallest absolute Gasteiger partial charge is 0.219 e. The second kappa shape index (κ2) is 8.39. The molecule has 1 saturated heterocycles. The SMILES string of the molecule is CC(=O)N1CCN(C2CCCCC2)CC(Cc2cccc3cccnc23)C1. The number of pyridine rings is 1. The molecule has 1 amide bonds. The lowest BCUT2D eigenvalue weighted by Gasteiger charge is -2.34. The third-order valence-electron chi connectivity index (χ3n) is 6.39. The van der Waals surface area contributed by atoms with Gasteiger partial charge in [-0.2, -0.15) is 0 Å². The van der Waals surface area contributed by atoms with Gasteiger partial charge in [0.2, 0.25) is 5.91 Å². The van der Waals surface area contributed by atoms with Gasteiger partial charge < -0.3 is 4.90 Å². The molecule has 27 heavy (non-hydrogen) atoms. The van der Waals surface area contributed by atoms with Gasteiger partial charge in [0, 0.05) is 50.7 Å². The fourth-order valence-corrected chi connectivity index (χ4v) is 4.97. The van der Waals surface area contributed by atoms with Gasteiger partial charge in [0.15, 0.2) is 0 Å². The molecule has 1 aliphatic heterocycles. The van der Waals surface area contributed by atoms with Crippen LogP contribution in [0, 0.1) is 5.92 Å². The Hall–Kier alpha value is -1.94. The van der Waals surface area contributed by atoms with E-state index in [0.717, 1.165) is 38.1 Å². The lowest BCUT2D eigenvalue weighted by Crippen LogP contribution is -2.41. The maximum absolute atomic E-state index is 12.1. The number of carbonyl (C=O) groups is 1. The van der Waals surface area contributed by atoms with Gasteiger partial charge in [-0.15, -0.1) is 0 Å². The Morgan fingerprint density at radius 3 is 2.70 bits per heavy atom. The summed E-state index contributed by atoms with van der Waals surface area (Å²) in [5.74, 6) is 0.674. The van der Waals surface area contributed by atoms with Gasteiger partial charge in [0.1, 0.15) is 0 Å². The van der Waals surface area contributed by atoms with Crippen molar-refractivity contribution in [2.75, 3.05) is 26.2 Å². The Morgan fingerprint density at radius 1 is 1.07 bits per heavy atom. The normalized spacial score (nSPS) is 22.7. The van der Waals surface area contributed by atoms with E-state index in [-0.39, 0.29) is 5.91 Å². The van der Waals surface area contributed by atoms with E-state index in [0.29, 0.717) is 12.0 Å². The van der Waals surface area contributed by atoms with Crippen LogP contribution in [0.25, 0.3) is 10.9 Å². The van der Waals surface area contributed by atoms with Crippen molar-refractivity contribution in [3.63, 3.8) is 0 Å². The van der Waals surface area contributed by atoms with E-state index >= 15 is 0 Å². The molecule has 2 fully saturated rings. The first kappa shape index (κ1) is 18.4. The van der Waals surface area contributed by atoms with E-state index in [1.54, 1.807) is 6.92 Å². The monoisotopic (exact) mass is 365 g/mol. The Kier molecular flexibility index (Phi) is 5.72. The van der Waals surface area contributed by atoms with Crippen LogP contribution in [-0.4, -0.2) is 52.9 Å². The number of fused-ring (bicyclic) bond motifs is 1. The van der Waals surface area contributed by atoms with Crippen LogP contribution in [0.5, 0.6) is 0 Å². The molecule has 0 radical (unpaired) electrons. The molecule has 2 heterocycles. The van der Waals surface area contributed by atoms with Crippen LogP contribution in [0.3, 0.4) is 0 Å². The lowest BCUT2D eigenvalue weighted by molar-refractivity contribution is -0.129. The van der Waals surface area contributed by atoms with Crippen LogP contribution >= 0.6 is 0 Å². The van der Waals surface area contributed by atoms with E-state index in [4.69, 9.17) is 0 Å². The zero-order chi connectivity index (χ0) is 18.6. The summed E-state index contributed by atoms with van der Waals surface area (Å²) in [6, 6.07) is 11.3. The minimum absolute atomic E-state index is 0.210. The van der Waals surface area contributed by atoms with Crippen LogP contribution in [-0.2, 0) is 11.2 Å². The molecule has 1 aromatic carbocycles. The highest BCUT2D eigenvalue weighted by Crippen LogP contribution is 2.27. The predicted octanol–water partition coefficient (Wildman–Crippen LogP) is 3.89. The van der Waals surface area contributed by atoms with Gasteiger partial charge in [-0.25, -0.2) is 0 Å². The van der Waals surface area contributed by atoms with Gasteiger partial charge in [0.05, 0.1) is 5.52 Å². The lowest BCUT2D eigenvalue weighted by atomic mass is 9.92. The van der Waals surface area contributed by atoms with Gasteiger partial charge in [0.25, 0.3) is 0 Å². The fourth-order valence-electron chi connectivity index (χ4n) is 4.97. The molecule has 1 aliphatic carbocycles.